The van der Waals surface area contributed by atoms with Crippen LogP contribution in [0.15, 0.2) is 0 Å². The summed E-state index contributed by atoms with van der Waals surface area (Å²) in [5.41, 5.74) is 3.90. The van der Waals surface area contributed by atoms with Crippen molar-refractivity contribution >= 4 is 0 Å². The van der Waals surface area contributed by atoms with E-state index in [2.05, 4.69) is 38.1 Å². The quantitative estimate of drug-likeness (QED) is 0.801. The van der Waals surface area contributed by atoms with Gasteiger partial charge in [0.05, 0.1) is 5.69 Å². The Kier molecular flexibility index (Phi) is 4.33. The lowest BCUT2D eigenvalue weighted by Gasteiger charge is -2.11. The van der Waals surface area contributed by atoms with Gasteiger partial charge >= 0.3 is 0 Å². The minimum absolute atomic E-state index is 0.673. The van der Waals surface area contributed by atoms with Gasteiger partial charge in [-0.3, -0.25) is 4.68 Å². The molecule has 0 aliphatic heterocycles. The Morgan fingerprint density at radius 2 is 2.07 bits per heavy atom. The Labute approximate surface area is 92.9 Å². The highest BCUT2D eigenvalue weighted by atomic mass is 15.3. The zero-order valence-corrected chi connectivity index (χ0v) is 10.6. The molecule has 0 radical (unpaired) electrons. The smallest absolute Gasteiger partial charge is 0.0628 e. The molecule has 1 atom stereocenters. The van der Waals surface area contributed by atoms with Crippen molar-refractivity contribution in [1.29, 1.82) is 0 Å². The maximum absolute atomic E-state index is 4.44. The van der Waals surface area contributed by atoms with E-state index in [-0.39, 0.29) is 0 Å². The first kappa shape index (κ1) is 12.2. The fourth-order valence-electron chi connectivity index (χ4n) is 1.92. The second-order valence-corrected chi connectivity index (χ2v) is 4.39. The van der Waals surface area contributed by atoms with Gasteiger partial charge in [-0.1, -0.05) is 13.8 Å². The van der Waals surface area contributed by atoms with Crippen LogP contribution in [-0.4, -0.2) is 22.9 Å². The molecular formula is C12H23N3. The monoisotopic (exact) mass is 209 g/mol. The van der Waals surface area contributed by atoms with Crippen molar-refractivity contribution in [3.05, 3.63) is 17.0 Å². The van der Waals surface area contributed by atoms with Crippen LogP contribution in [0.25, 0.3) is 0 Å². The van der Waals surface area contributed by atoms with E-state index in [0.717, 1.165) is 19.5 Å². The van der Waals surface area contributed by atoms with Crippen LogP contribution in [0.2, 0.25) is 0 Å². The van der Waals surface area contributed by atoms with Gasteiger partial charge in [-0.2, -0.15) is 5.10 Å². The van der Waals surface area contributed by atoms with Gasteiger partial charge in [0.1, 0.15) is 0 Å². The first-order chi connectivity index (χ1) is 7.06. The second kappa shape index (κ2) is 5.31. The SMILES string of the molecule is CCNCC(C)Cc1c(C)nn(C)c1C. The number of hydrogen-bond donors (Lipinski definition) is 1. The van der Waals surface area contributed by atoms with E-state index < -0.39 is 0 Å². The molecule has 0 spiro atoms. The van der Waals surface area contributed by atoms with Gasteiger partial charge in [0, 0.05) is 12.7 Å². The average molecular weight is 209 g/mol. The third kappa shape index (κ3) is 3.06. The van der Waals surface area contributed by atoms with Crippen LogP contribution in [0.3, 0.4) is 0 Å². The van der Waals surface area contributed by atoms with Crippen molar-refractivity contribution < 1.29 is 0 Å². The van der Waals surface area contributed by atoms with Gasteiger partial charge < -0.3 is 5.32 Å². The third-order valence-corrected chi connectivity index (χ3v) is 2.95. The standard InChI is InChI=1S/C12H23N3/c1-6-13-8-9(2)7-12-10(3)14-15(5)11(12)4/h9,13H,6-8H2,1-5H3. The first-order valence-electron chi connectivity index (χ1n) is 5.76. The predicted molar refractivity (Wildman–Crippen MR) is 64.1 cm³/mol. The zero-order chi connectivity index (χ0) is 11.4. The zero-order valence-electron chi connectivity index (χ0n) is 10.6. The van der Waals surface area contributed by atoms with Gasteiger partial charge in [0.15, 0.2) is 0 Å². The lowest BCUT2D eigenvalue weighted by Crippen LogP contribution is -2.22. The van der Waals surface area contributed by atoms with Crippen LogP contribution in [-0.2, 0) is 13.5 Å². The molecule has 0 fully saturated rings. The van der Waals surface area contributed by atoms with Gasteiger partial charge in [-0.05, 0) is 44.8 Å². The molecular weight excluding hydrogens is 186 g/mol. The van der Waals surface area contributed by atoms with Gasteiger partial charge in [0.25, 0.3) is 0 Å². The Morgan fingerprint density at radius 1 is 1.40 bits per heavy atom. The average Bonchev–Trinajstić information content (AvgIpc) is 2.42. The van der Waals surface area contributed by atoms with Crippen LogP contribution in [0.4, 0.5) is 0 Å². The highest BCUT2D eigenvalue weighted by molar-refractivity contribution is 5.24. The van der Waals surface area contributed by atoms with E-state index in [1.807, 2.05) is 11.7 Å². The Hall–Kier alpha value is -0.830. The number of hydrogen-bond acceptors (Lipinski definition) is 2. The second-order valence-electron chi connectivity index (χ2n) is 4.39. The minimum atomic E-state index is 0.673. The summed E-state index contributed by atoms with van der Waals surface area (Å²) >= 11 is 0. The molecule has 0 saturated heterocycles. The highest BCUT2D eigenvalue weighted by Crippen LogP contribution is 2.16. The van der Waals surface area contributed by atoms with Crippen molar-refractivity contribution in [3.8, 4) is 0 Å². The van der Waals surface area contributed by atoms with Gasteiger partial charge in [-0.25, -0.2) is 0 Å². The van der Waals surface area contributed by atoms with Crippen LogP contribution in [0.5, 0.6) is 0 Å². The van der Waals surface area contributed by atoms with Crippen LogP contribution in [0, 0.1) is 19.8 Å². The van der Waals surface area contributed by atoms with E-state index in [9.17, 15) is 0 Å². The number of nitrogens with one attached hydrogen (secondary N) is 1. The fraction of sp³-hybridized carbons (Fsp3) is 0.750. The van der Waals surface area contributed by atoms with E-state index in [0.29, 0.717) is 5.92 Å². The maximum atomic E-state index is 4.44. The minimum Gasteiger partial charge on any atom is -0.317 e. The fourth-order valence-corrected chi connectivity index (χ4v) is 1.92. The van der Waals surface area contributed by atoms with E-state index in [1.54, 1.807) is 0 Å². The lowest BCUT2D eigenvalue weighted by atomic mass is 9.99. The van der Waals surface area contributed by atoms with Gasteiger partial charge in [0.2, 0.25) is 0 Å². The van der Waals surface area contributed by atoms with Crippen LogP contribution < -0.4 is 5.32 Å². The van der Waals surface area contributed by atoms with Crippen LogP contribution >= 0.6 is 0 Å². The topological polar surface area (TPSA) is 29.9 Å². The predicted octanol–water partition coefficient (Wildman–Crippen LogP) is 1.83. The summed E-state index contributed by atoms with van der Waals surface area (Å²) < 4.78 is 1.98. The molecule has 1 aromatic rings. The molecule has 15 heavy (non-hydrogen) atoms. The molecule has 0 amide bonds. The normalized spacial score (nSPS) is 13.1. The van der Waals surface area contributed by atoms with E-state index in [1.165, 1.54) is 17.0 Å². The van der Waals surface area contributed by atoms with Gasteiger partial charge in [-0.15, -0.1) is 0 Å². The summed E-state index contributed by atoms with van der Waals surface area (Å²) in [5, 5.41) is 7.83. The van der Waals surface area contributed by atoms with Crippen molar-refractivity contribution in [2.24, 2.45) is 13.0 Å². The van der Waals surface area contributed by atoms with Crippen molar-refractivity contribution in [3.63, 3.8) is 0 Å². The molecule has 1 unspecified atom stereocenters. The molecule has 0 aromatic carbocycles. The van der Waals surface area contributed by atoms with E-state index in [4.69, 9.17) is 0 Å². The largest absolute Gasteiger partial charge is 0.317 e. The summed E-state index contributed by atoms with van der Waals surface area (Å²) in [6, 6.07) is 0. The summed E-state index contributed by atoms with van der Waals surface area (Å²) in [7, 11) is 2.01. The number of nitrogens with zero attached hydrogens (tertiary/aromatic N) is 2. The molecule has 3 nitrogen and oxygen atoms in total. The van der Waals surface area contributed by atoms with Crippen molar-refractivity contribution in [2.75, 3.05) is 13.1 Å². The molecule has 1 aromatic heterocycles. The Balaban J connectivity index is 2.63. The maximum Gasteiger partial charge on any atom is 0.0628 e. The molecule has 0 aliphatic carbocycles. The molecule has 86 valence electrons. The summed E-state index contributed by atoms with van der Waals surface area (Å²) in [6.45, 7) is 10.8. The van der Waals surface area contributed by atoms with Crippen LogP contribution in [0.1, 0.15) is 30.8 Å². The molecule has 0 aliphatic rings. The first-order valence-corrected chi connectivity index (χ1v) is 5.76. The highest BCUT2D eigenvalue weighted by Gasteiger charge is 2.12. The summed E-state index contributed by atoms with van der Waals surface area (Å²) in [4.78, 5) is 0. The molecule has 3 heteroatoms. The number of rotatable bonds is 5. The van der Waals surface area contributed by atoms with Crippen molar-refractivity contribution in [1.82, 2.24) is 15.1 Å². The molecule has 0 saturated carbocycles. The summed E-state index contributed by atoms with van der Waals surface area (Å²) in [6.07, 6.45) is 1.12. The van der Waals surface area contributed by atoms with Crippen molar-refractivity contribution in [2.45, 2.75) is 34.1 Å². The molecule has 1 heterocycles. The number of aryl methyl sites for hydroxylation is 2. The lowest BCUT2D eigenvalue weighted by molar-refractivity contribution is 0.519. The van der Waals surface area contributed by atoms with E-state index >= 15 is 0 Å². The molecule has 1 N–H and O–H groups in total. The molecule has 1 rings (SSSR count). The Morgan fingerprint density at radius 3 is 2.53 bits per heavy atom. The summed E-state index contributed by atoms with van der Waals surface area (Å²) in [5.74, 6) is 0.673. The third-order valence-electron chi connectivity index (χ3n) is 2.95. The number of aromatic nitrogens is 2. The Bertz CT molecular complexity index is 315. The molecule has 0 bridgehead atoms.